The molecule has 0 amide bonds. The summed E-state index contributed by atoms with van der Waals surface area (Å²) >= 11 is 0. The molecule has 0 aromatic heterocycles. The van der Waals surface area contributed by atoms with E-state index in [0.717, 1.165) is 5.57 Å². The van der Waals surface area contributed by atoms with Gasteiger partial charge in [-0.15, -0.1) is 0 Å². The van der Waals surface area contributed by atoms with Gasteiger partial charge in [-0.2, -0.15) is 5.10 Å². The first-order valence-electron chi connectivity index (χ1n) is 4.57. The van der Waals surface area contributed by atoms with E-state index in [2.05, 4.69) is 10.5 Å². The maximum absolute atomic E-state index is 10.9. The second-order valence-corrected chi connectivity index (χ2v) is 4.36. The Morgan fingerprint density at radius 2 is 2.14 bits per heavy atom. The third-order valence-electron chi connectivity index (χ3n) is 2.26. The van der Waals surface area contributed by atoms with E-state index < -0.39 is 5.97 Å². The highest BCUT2D eigenvalue weighted by molar-refractivity contribution is 6.37. The van der Waals surface area contributed by atoms with E-state index in [-0.39, 0.29) is 17.2 Å². The van der Waals surface area contributed by atoms with Crippen molar-refractivity contribution in [2.24, 2.45) is 11.0 Å². The third kappa shape index (κ3) is 1.95. The van der Waals surface area contributed by atoms with E-state index in [1.54, 1.807) is 0 Å². The van der Waals surface area contributed by atoms with Crippen LogP contribution in [0.5, 0.6) is 0 Å². The Kier molecular flexibility index (Phi) is 2.64. The van der Waals surface area contributed by atoms with E-state index >= 15 is 0 Å². The number of carboxylic acid groups (broad SMARTS) is 1. The standard InChI is InChI=1S/C10H16N2O2/c1-6(2)5-7-8(9(13)14)11-12-10(7,3)4/h5,7,12H,1-4H3,(H,13,14). The number of hydrazone groups is 1. The van der Waals surface area contributed by atoms with Crippen molar-refractivity contribution >= 4 is 11.7 Å². The second-order valence-electron chi connectivity index (χ2n) is 4.36. The zero-order valence-corrected chi connectivity index (χ0v) is 8.96. The van der Waals surface area contributed by atoms with Crippen LogP contribution in [0, 0.1) is 5.92 Å². The molecule has 1 unspecified atom stereocenters. The highest BCUT2D eigenvalue weighted by Gasteiger charge is 2.39. The molecule has 0 fully saturated rings. The van der Waals surface area contributed by atoms with Crippen LogP contribution in [0.1, 0.15) is 27.7 Å². The maximum atomic E-state index is 10.9. The normalized spacial score (nSPS) is 23.7. The molecule has 1 aliphatic heterocycles. The van der Waals surface area contributed by atoms with E-state index in [4.69, 9.17) is 5.11 Å². The topological polar surface area (TPSA) is 61.7 Å². The molecule has 0 saturated heterocycles. The number of rotatable bonds is 2. The van der Waals surface area contributed by atoms with Gasteiger partial charge >= 0.3 is 5.97 Å². The van der Waals surface area contributed by atoms with Gasteiger partial charge in [-0.1, -0.05) is 11.6 Å². The summed E-state index contributed by atoms with van der Waals surface area (Å²) in [5.74, 6) is -1.12. The Morgan fingerprint density at radius 3 is 2.57 bits per heavy atom. The van der Waals surface area contributed by atoms with Crippen LogP contribution in [0.3, 0.4) is 0 Å². The number of aliphatic carboxylic acids is 1. The van der Waals surface area contributed by atoms with Crippen LogP contribution in [0.4, 0.5) is 0 Å². The van der Waals surface area contributed by atoms with Crippen LogP contribution in [0.25, 0.3) is 0 Å². The molecule has 0 spiro atoms. The zero-order chi connectivity index (χ0) is 10.9. The van der Waals surface area contributed by atoms with Gasteiger partial charge in [0, 0.05) is 0 Å². The van der Waals surface area contributed by atoms with Gasteiger partial charge in [-0.25, -0.2) is 4.79 Å². The molecule has 1 aliphatic rings. The summed E-state index contributed by atoms with van der Waals surface area (Å²) in [6, 6.07) is 0. The lowest BCUT2D eigenvalue weighted by Gasteiger charge is -2.24. The summed E-state index contributed by atoms with van der Waals surface area (Å²) in [5.41, 5.74) is 3.82. The SMILES string of the molecule is CC(C)=CC1C(C(=O)O)=NNC1(C)C. The van der Waals surface area contributed by atoms with Gasteiger partial charge in [-0.05, 0) is 27.7 Å². The molecule has 0 aliphatic carbocycles. The van der Waals surface area contributed by atoms with Crippen LogP contribution in [0.2, 0.25) is 0 Å². The summed E-state index contributed by atoms with van der Waals surface area (Å²) < 4.78 is 0. The quantitative estimate of drug-likeness (QED) is 0.656. The molecule has 0 aromatic rings. The van der Waals surface area contributed by atoms with Crippen molar-refractivity contribution in [2.75, 3.05) is 0 Å². The Hall–Kier alpha value is -1.32. The third-order valence-corrected chi connectivity index (χ3v) is 2.26. The molecule has 1 rings (SSSR count). The highest BCUT2D eigenvalue weighted by Crippen LogP contribution is 2.26. The fourth-order valence-corrected chi connectivity index (χ4v) is 1.49. The lowest BCUT2D eigenvalue weighted by atomic mass is 9.84. The lowest BCUT2D eigenvalue weighted by molar-refractivity contribution is -0.129. The number of nitrogens with zero attached hydrogens (tertiary/aromatic N) is 1. The average Bonchev–Trinajstić information content (AvgIpc) is 2.26. The van der Waals surface area contributed by atoms with Crippen molar-refractivity contribution in [3.63, 3.8) is 0 Å². The number of allylic oxidation sites excluding steroid dienone is 1. The maximum Gasteiger partial charge on any atom is 0.352 e. The van der Waals surface area contributed by atoms with E-state index in [9.17, 15) is 4.79 Å². The number of nitrogens with one attached hydrogen (secondary N) is 1. The Morgan fingerprint density at radius 1 is 1.57 bits per heavy atom. The van der Waals surface area contributed by atoms with Gasteiger partial charge in [-0.3, -0.25) is 0 Å². The Balaban J connectivity index is 3.01. The fourth-order valence-electron chi connectivity index (χ4n) is 1.49. The summed E-state index contributed by atoms with van der Waals surface area (Å²) in [6.45, 7) is 7.79. The summed E-state index contributed by atoms with van der Waals surface area (Å²) in [6.07, 6.45) is 1.94. The molecule has 1 heterocycles. The molecular formula is C10H16N2O2. The molecule has 4 heteroatoms. The largest absolute Gasteiger partial charge is 0.477 e. The first kappa shape index (κ1) is 10.8. The number of hydrogen-bond acceptors (Lipinski definition) is 3. The van der Waals surface area contributed by atoms with Crippen LogP contribution >= 0.6 is 0 Å². The van der Waals surface area contributed by atoms with Crippen LogP contribution in [0.15, 0.2) is 16.8 Å². The molecule has 0 radical (unpaired) electrons. The minimum absolute atomic E-state index is 0.162. The van der Waals surface area contributed by atoms with Crippen molar-refractivity contribution in [1.29, 1.82) is 0 Å². The predicted molar refractivity (Wildman–Crippen MR) is 55.2 cm³/mol. The Labute approximate surface area is 83.7 Å². The van der Waals surface area contributed by atoms with E-state index in [1.165, 1.54) is 0 Å². The molecule has 4 nitrogen and oxygen atoms in total. The van der Waals surface area contributed by atoms with Crippen molar-refractivity contribution < 1.29 is 9.90 Å². The molecule has 0 saturated carbocycles. The van der Waals surface area contributed by atoms with Gasteiger partial charge in [0.25, 0.3) is 0 Å². The van der Waals surface area contributed by atoms with Crippen LogP contribution in [-0.4, -0.2) is 22.3 Å². The summed E-state index contributed by atoms with van der Waals surface area (Å²) in [5, 5.41) is 12.8. The average molecular weight is 196 g/mol. The fraction of sp³-hybridized carbons (Fsp3) is 0.600. The van der Waals surface area contributed by atoms with Crippen molar-refractivity contribution in [1.82, 2.24) is 5.43 Å². The molecular weight excluding hydrogens is 180 g/mol. The first-order valence-corrected chi connectivity index (χ1v) is 4.57. The molecule has 1 atom stereocenters. The molecule has 0 aromatic carbocycles. The van der Waals surface area contributed by atoms with Gasteiger partial charge in [0.05, 0.1) is 11.5 Å². The first-order chi connectivity index (χ1) is 6.34. The Bertz CT molecular complexity index is 312. The predicted octanol–water partition coefficient (Wildman–Crippen LogP) is 1.39. The van der Waals surface area contributed by atoms with Crippen LogP contribution in [-0.2, 0) is 4.79 Å². The van der Waals surface area contributed by atoms with Gasteiger partial charge in [0.15, 0.2) is 5.71 Å². The minimum Gasteiger partial charge on any atom is -0.477 e. The van der Waals surface area contributed by atoms with Crippen molar-refractivity contribution in [3.8, 4) is 0 Å². The highest BCUT2D eigenvalue weighted by atomic mass is 16.4. The minimum atomic E-state index is -0.953. The number of carboxylic acids is 1. The monoisotopic (exact) mass is 196 g/mol. The molecule has 0 bridgehead atoms. The van der Waals surface area contributed by atoms with Gasteiger partial charge in [0.2, 0.25) is 0 Å². The summed E-state index contributed by atoms with van der Waals surface area (Å²) in [7, 11) is 0. The molecule has 2 N–H and O–H groups in total. The van der Waals surface area contributed by atoms with E-state index in [1.807, 2.05) is 33.8 Å². The smallest absolute Gasteiger partial charge is 0.352 e. The van der Waals surface area contributed by atoms with Crippen molar-refractivity contribution in [3.05, 3.63) is 11.6 Å². The van der Waals surface area contributed by atoms with E-state index in [0.29, 0.717) is 0 Å². The second kappa shape index (κ2) is 3.44. The van der Waals surface area contributed by atoms with Crippen molar-refractivity contribution in [2.45, 2.75) is 33.2 Å². The molecule has 78 valence electrons. The molecule has 14 heavy (non-hydrogen) atoms. The van der Waals surface area contributed by atoms with Gasteiger partial charge in [0.1, 0.15) is 0 Å². The number of hydrogen-bond donors (Lipinski definition) is 2. The zero-order valence-electron chi connectivity index (χ0n) is 8.96. The lowest BCUT2D eigenvalue weighted by Crippen LogP contribution is -2.40. The number of carbonyl (C=O) groups is 1. The van der Waals surface area contributed by atoms with Gasteiger partial charge < -0.3 is 10.5 Å². The summed E-state index contributed by atoms with van der Waals surface area (Å²) in [4.78, 5) is 10.9. The van der Waals surface area contributed by atoms with Crippen LogP contribution < -0.4 is 5.43 Å².